The van der Waals surface area contributed by atoms with Gasteiger partial charge in [0, 0.05) is 9.47 Å². The van der Waals surface area contributed by atoms with Crippen molar-refractivity contribution in [2.45, 2.75) is 137 Å². The Hall–Kier alpha value is -1.30. The molecule has 0 radical (unpaired) electrons. The second kappa shape index (κ2) is 22.5. The van der Waals surface area contributed by atoms with E-state index in [1.165, 1.54) is 64.2 Å². The molecule has 1 aromatic rings. The van der Waals surface area contributed by atoms with E-state index in [1.54, 1.807) is 0 Å². The summed E-state index contributed by atoms with van der Waals surface area (Å²) in [4.78, 5) is 0. The van der Waals surface area contributed by atoms with Gasteiger partial charge in [-0.2, -0.15) is 5.26 Å². The molecule has 0 aliphatic heterocycles. The Labute approximate surface area is 237 Å². The lowest BCUT2D eigenvalue weighted by Crippen LogP contribution is -2.21. The first-order valence-corrected chi connectivity index (χ1v) is 16.0. The molecule has 5 heteroatoms. The standard InChI is InChI=1S/C33H58NO3P/c1-6-17-31(37-38)30(26-34)24-29-20-21-32(35-22-15-11-7-9-13-18-27(2)3)33(25-29)36-23-16-12-8-10-14-19-28(4)5/h20-21,25,27-28,30-31H,6-19,22-24,38H2,1-5H3. The number of nitriles is 1. The van der Waals surface area contributed by atoms with E-state index in [2.05, 4.69) is 62.3 Å². The van der Waals surface area contributed by atoms with E-state index in [0.717, 1.165) is 61.2 Å². The number of hydrogen-bond acceptors (Lipinski definition) is 4. The van der Waals surface area contributed by atoms with Crippen molar-refractivity contribution in [2.75, 3.05) is 13.2 Å². The summed E-state index contributed by atoms with van der Waals surface area (Å²) >= 11 is 0. The molecule has 0 aliphatic rings. The fourth-order valence-corrected chi connectivity index (χ4v) is 5.13. The van der Waals surface area contributed by atoms with Gasteiger partial charge in [-0.1, -0.05) is 111 Å². The number of hydrogen-bond donors (Lipinski definition) is 0. The molecule has 0 spiro atoms. The average Bonchev–Trinajstić information content (AvgIpc) is 2.89. The SMILES string of the molecule is CCCC(OP)C(C#N)Cc1ccc(OCCCCCCCC(C)C)c(OCCCCCCCC(C)C)c1. The van der Waals surface area contributed by atoms with Crippen molar-refractivity contribution in [1.29, 1.82) is 5.26 Å². The van der Waals surface area contributed by atoms with Crippen molar-refractivity contribution < 1.29 is 14.0 Å². The normalized spacial score (nSPS) is 13.0. The Morgan fingerprint density at radius 2 is 1.26 bits per heavy atom. The molecule has 3 unspecified atom stereocenters. The maximum Gasteiger partial charge on any atom is 0.161 e. The first-order valence-electron chi connectivity index (χ1n) is 15.5. The second-order valence-electron chi connectivity index (χ2n) is 11.8. The van der Waals surface area contributed by atoms with Crippen LogP contribution in [0, 0.1) is 29.1 Å². The van der Waals surface area contributed by atoms with Crippen LogP contribution >= 0.6 is 9.47 Å². The maximum atomic E-state index is 9.78. The third-order valence-corrected chi connectivity index (χ3v) is 7.54. The third-order valence-electron chi connectivity index (χ3n) is 7.19. The molecule has 0 heterocycles. The lowest BCUT2D eigenvalue weighted by Gasteiger charge is -2.20. The van der Waals surface area contributed by atoms with Crippen molar-refractivity contribution >= 4 is 9.47 Å². The van der Waals surface area contributed by atoms with E-state index >= 15 is 0 Å². The zero-order valence-corrected chi connectivity index (χ0v) is 26.5. The molecule has 0 aromatic heterocycles. The Morgan fingerprint density at radius 1 is 0.737 bits per heavy atom. The van der Waals surface area contributed by atoms with Crippen LogP contribution in [0.3, 0.4) is 0 Å². The largest absolute Gasteiger partial charge is 0.490 e. The monoisotopic (exact) mass is 547 g/mol. The lowest BCUT2D eigenvalue weighted by atomic mass is 9.92. The summed E-state index contributed by atoms with van der Waals surface area (Å²) in [5, 5.41) is 9.78. The van der Waals surface area contributed by atoms with Crippen molar-refractivity contribution in [1.82, 2.24) is 0 Å². The van der Waals surface area contributed by atoms with Gasteiger partial charge in [-0.15, -0.1) is 0 Å². The number of rotatable bonds is 24. The topological polar surface area (TPSA) is 51.5 Å². The van der Waals surface area contributed by atoms with Crippen LogP contribution < -0.4 is 9.47 Å². The first-order chi connectivity index (χ1) is 18.4. The number of unbranched alkanes of at least 4 members (excludes halogenated alkanes) is 8. The molecule has 3 atom stereocenters. The van der Waals surface area contributed by atoms with E-state index in [0.29, 0.717) is 13.0 Å². The average molecular weight is 548 g/mol. The lowest BCUT2D eigenvalue weighted by molar-refractivity contribution is 0.177. The minimum Gasteiger partial charge on any atom is -0.490 e. The molecule has 1 rings (SSSR count). The summed E-state index contributed by atoms with van der Waals surface area (Å²) in [6.07, 6.45) is 17.5. The van der Waals surface area contributed by atoms with Gasteiger partial charge in [0.05, 0.1) is 31.3 Å². The highest BCUT2D eigenvalue weighted by Crippen LogP contribution is 2.31. The van der Waals surface area contributed by atoms with Crippen molar-refractivity contribution in [3.8, 4) is 17.6 Å². The first kappa shape index (κ1) is 34.7. The Kier molecular flexibility index (Phi) is 20.6. The molecule has 0 fully saturated rings. The van der Waals surface area contributed by atoms with Gasteiger partial charge < -0.3 is 14.0 Å². The van der Waals surface area contributed by atoms with E-state index in [-0.39, 0.29) is 12.0 Å². The quantitative estimate of drug-likeness (QED) is 0.0954. The fourth-order valence-electron chi connectivity index (χ4n) is 4.81. The van der Waals surface area contributed by atoms with Crippen LogP contribution in [0.5, 0.6) is 11.5 Å². The Bertz CT molecular complexity index is 746. The summed E-state index contributed by atoms with van der Waals surface area (Å²) in [6.45, 7) is 12.7. The van der Waals surface area contributed by atoms with E-state index in [9.17, 15) is 5.26 Å². The van der Waals surface area contributed by atoms with Crippen LogP contribution in [-0.4, -0.2) is 19.3 Å². The molecule has 0 saturated carbocycles. The highest BCUT2D eigenvalue weighted by Gasteiger charge is 2.21. The van der Waals surface area contributed by atoms with Gasteiger partial charge in [-0.05, 0) is 55.2 Å². The molecule has 4 nitrogen and oxygen atoms in total. The van der Waals surface area contributed by atoms with Crippen LogP contribution in [0.15, 0.2) is 18.2 Å². The molecule has 0 bridgehead atoms. The van der Waals surface area contributed by atoms with Gasteiger partial charge in [0.25, 0.3) is 0 Å². The van der Waals surface area contributed by atoms with Gasteiger partial charge in [0.15, 0.2) is 11.5 Å². The predicted molar refractivity (Wildman–Crippen MR) is 165 cm³/mol. The Morgan fingerprint density at radius 3 is 1.76 bits per heavy atom. The van der Waals surface area contributed by atoms with Crippen molar-refractivity contribution in [3.63, 3.8) is 0 Å². The van der Waals surface area contributed by atoms with Crippen molar-refractivity contribution in [3.05, 3.63) is 23.8 Å². The second-order valence-corrected chi connectivity index (χ2v) is 12.1. The Balaban J connectivity index is 2.65. The van der Waals surface area contributed by atoms with Crippen LogP contribution in [0.2, 0.25) is 0 Å². The molecular formula is C33H58NO3P. The molecule has 218 valence electrons. The fraction of sp³-hybridized carbons (Fsp3) is 0.788. The zero-order chi connectivity index (χ0) is 28.0. The van der Waals surface area contributed by atoms with Crippen LogP contribution in [0.1, 0.15) is 130 Å². The smallest absolute Gasteiger partial charge is 0.161 e. The van der Waals surface area contributed by atoms with Gasteiger partial charge in [-0.25, -0.2) is 0 Å². The third kappa shape index (κ3) is 16.6. The van der Waals surface area contributed by atoms with Crippen LogP contribution in [-0.2, 0) is 10.9 Å². The molecule has 0 aliphatic carbocycles. The van der Waals surface area contributed by atoms with E-state index in [1.807, 2.05) is 6.07 Å². The highest BCUT2D eigenvalue weighted by molar-refractivity contribution is 7.09. The summed E-state index contributed by atoms with van der Waals surface area (Å²) < 4.78 is 18.0. The minimum atomic E-state index is -0.186. The van der Waals surface area contributed by atoms with E-state index in [4.69, 9.17) is 14.0 Å². The molecule has 38 heavy (non-hydrogen) atoms. The van der Waals surface area contributed by atoms with Crippen LogP contribution in [0.4, 0.5) is 0 Å². The number of nitrogens with zero attached hydrogens (tertiary/aromatic N) is 1. The van der Waals surface area contributed by atoms with Gasteiger partial charge in [0.2, 0.25) is 0 Å². The van der Waals surface area contributed by atoms with Crippen molar-refractivity contribution in [2.24, 2.45) is 17.8 Å². The molecule has 1 aromatic carbocycles. The summed E-state index contributed by atoms with van der Waals surface area (Å²) in [5.74, 6) is 3.06. The summed E-state index contributed by atoms with van der Waals surface area (Å²) in [6, 6.07) is 8.66. The number of ether oxygens (including phenoxy) is 2. The van der Waals surface area contributed by atoms with Gasteiger partial charge >= 0.3 is 0 Å². The van der Waals surface area contributed by atoms with Gasteiger partial charge in [-0.3, -0.25) is 0 Å². The van der Waals surface area contributed by atoms with E-state index < -0.39 is 0 Å². The molecule has 0 amide bonds. The predicted octanol–water partition coefficient (Wildman–Crippen LogP) is 10.1. The summed E-state index contributed by atoms with van der Waals surface area (Å²) in [5.41, 5.74) is 1.10. The molecule has 0 N–H and O–H groups in total. The number of benzene rings is 1. The molecule has 0 saturated heterocycles. The zero-order valence-electron chi connectivity index (χ0n) is 25.3. The van der Waals surface area contributed by atoms with Crippen LogP contribution in [0.25, 0.3) is 0 Å². The summed E-state index contributed by atoms with van der Waals surface area (Å²) in [7, 11) is 2.34. The molecular weight excluding hydrogens is 489 g/mol. The highest BCUT2D eigenvalue weighted by atomic mass is 31.0. The maximum absolute atomic E-state index is 9.78. The minimum absolute atomic E-state index is 0.0773. The van der Waals surface area contributed by atoms with Gasteiger partial charge in [0.1, 0.15) is 0 Å².